The molecule has 0 atom stereocenters. The first kappa shape index (κ1) is 18.3. The molecule has 1 amide bonds. The van der Waals surface area contributed by atoms with Gasteiger partial charge in [0.25, 0.3) is 0 Å². The third-order valence-electron chi connectivity index (χ3n) is 2.15. The predicted octanol–water partition coefficient (Wildman–Crippen LogP) is 2.96. The molecular weight excluding hydrogens is 218 g/mol. The summed E-state index contributed by atoms with van der Waals surface area (Å²) >= 11 is 0. The average molecular weight is 245 g/mol. The highest BCUT2D eigenvalue weighted by Gasteiger charge is 2.00. The van der Waals surface area contributed by atoms with Crippen molar-refractivity contribution < 1.29 is 14.7 Å². The fraction of sp³-hybridized carbons (Fsp3) is 0.846. The quantitative estimate of drug-likeness (QED) is 0.614. The Bertz CT molecular complexity index is 193. The monoisotopic (exact) mass is 245 g/mol. The Labute approximate surface area is 105 Å². The number of unbranched alkanes of at least 4 members (excludes halogenated alkanes) is 3. The molecule has 4 heteroatoms. The molecule has 0 bridgehead atoms. The Balaban J connectivity index is 0. The van der Waals surface area contributed by atoms with Crippen LogP contribution in [0.2, 0.25) is 0 Å². The van der Waals surface area contributed by atoms with Crippen LogP contribution < -0.4 is 5.32 Å². The first-order valence-corrected chi connectivity index (χ1v) is 6.65. The summed E-state index contributed by atoms with van der Waals surface area (Å²) in [5.41, 5.74) is 0. The SMILES string of the molecule is CC.CCCCCC(=O)NCCCCC(=O)O. The molecule has 0 aliphatic heterocycles. The molecule has 0 aliphatic carbocycles. The van der Waals surface area contributed by atoms with Gasteiger partial charge in [-0.2, -0.15) is 0 Å². The molecule has 0 saturated carbocycles. The minimum absolute atomic E-state index is 0.0822. The van der Waals surface area contributed by atoms with E-state index < -0.39 is 5.97 Å². The van der Waals surface area contributed by atoms with Gasteiger partial charge in [-0.1, -0.05) is 33.6 Å². The average Bonchev–Trinajstić information content (AvgIpc) is 2.31. The molecule has 0 fully saturated rings. The summed E-state index contributed by atoms with van der Waals surface area (Å²) in [6.45, 7) is 6.70. The fourth-order valence-electron chi connectivity index (χ4n) is 1.25. The van der Waals surface area contributed by atoms with Crippen LogP contribution in [-0.2, 0) is 9.59 Å². The maximum Gasteiger partial charge on any atom is 0.303 e. The lowest BCUT2D eigenvalue weighted by molar-refractivity contribution is -0.137. The van der Waals surface area contributed by atoms with Crippen molar-refractivity contribution in [2.45, 2.75) is 65.7 Å². The minimum Gasteiger partial charge on any atom is -0.481 e. The van der Waals surface area contributed by atoms with Crippen molar-refractivity contribution in [1.29, 1.82) is 0 Å². The van der Waals surface area contributed by atoms with Gasteiger partial charge in [0, 0.05) is 19.4 Å². The van der Waals surface area contributed by atoms with E-state index in [0.717, 1.165) is 25.7 Å². The molecule has 0 aliphatic rings. The topological polar surface area (TPSA) is 66.4 Å². The van der Waals surface area contributed by atoms with E-state index in [1.807, 2.05) is 13.8 Å². The van der Waals surface area contributed by atoms with Crippen molar-refractivity contribution in [1.82, 2.24) is 5.32 Å². The molecule has 4 nitrogen and oxygen atoms in total. The Kier molecular flexibility index (Phi) is 16.1. The van der Waals surface area contributed by atoms with E-state index in [1.54, 1.807) is 0 Å². The lowest BCUT2D eigenvalue weighted by Gasteiger charge is -2.03. The summed E-state index contributed by atoms with van der Waals surface area (Å²) in [6.07, 6.45) is 5.30. The first-order valence-electron chi connectivity index (χ1n) is 6.65. The number of hydrogen-bond acceptors (Lipinski definition) is 2. The van der Waals surface area contributed by atoms with E-state index in [0.29, 0.717) is 19.4 Å². The van der Waals surface area contributed by atoms with Crippen LogP contribution in [0.15, 0.2) is 0 Å². The molecule has 102 valence electrons. The van der Waals surface area contributed by atoms with Crippen molar-refractivity contribution in [3.8, 4) is 0 Å². The molecular formula is C13H27NO3. The lowest BCUT2D eigenvalue weighted by Crippen LogP contribution is -2.24. The summed E-state index contributed by atoms with van der Waals surface area (Å²) in [4.78, 5) is 21.4. The lowest BCUT2D eigenvalue weighted by atomic mass is 10.2. The molecule has 0 aromatic heterocycles. The van der Waals surface area contributed by atoms with E-state index in [9.17, 15) is 9.59 Å². The van der Waals surface area contributed by atoms with Crippen LogP contribution in [0.4, 0.5) is 0 Å². The van der Waals surface area contributed by atoms with Gasteiger partial charge in [0.15, 0.2) is 0 Å². The van der Waals surface area contributed by atoms with E-state index in [1.165, 1.54) is 0 Å². The molecule has 0 unspecified atom stereocenters. The Morgan fingerprint density at radius 1 is 1.00 bits per heavy atom. The van der Waals surface area contributed by atoms with Gasteiger partial charge in [-0.15, -0.1) is 0 Å². The van der Waals surface area contributed by atoms with Gasteiger partial charge in [-0.05, 0) is 19.3 Å². The second-order valence-electron chi connectivity index (χ2n) is 3.66. The van der Waals surface area contributed by atoms with Crippen molar-refractivity contribution >= 4 is 11.9 Å². The smallest absolute Gasteiger partial charge is 0.303 e. The van der Waals surface area contributed by atoms with Crippen LogP contribution in [0.3, 0.4) is 0 Å². The molecule has 0 saturated heterocycles. The van der Waals surface area contributed by atoms with Gasteiger partial charge in [-0.25, -0.2) is 0 Å². The number of carbonyl (C=O) groups excluding carboxylic acids is 1. The zero-order chi connectivity index (χ0) is 13.5. The van der Waals surface area contributed by atoms with Crippen molar-refractivity contribution in [3.63, 3.8) is 0 Å². The van der Waals surface area contributed by atoms with E-state index >= 15 is 0 Å². The second kappa shape index (κ2) is 14.9. The number of carboxylic acids is 1. The fourth-order valence-corrected chi connectivity index (χ4v) is 1.25. The molecule has 0 aromatic rings. The Morgan fingerprint density at radius 2 is 1.59 bits per heavy atom. The summed E-state index contributed by atoms with van der Waals surface area (Å²) in [6, 6.07) is 0. The molecule has 17 heavy (non-hydrogen) atoms. The predicted molar refractivity (Wildman–Crippen MR) is 70.0 cm³/mol. The molecule has 0 aromatic carbocycles. The third-order valence-corrected chi connectivity index (χ3v) is 2.15. The van der Waals surface area contributed by atoms with Gasteiger partial charge in [0.05, 0.1) is 0 Å². The van der Waals surface area contributed by atoms with Crippen molar-refractivity contribution in [2.75, 3.05) is 6.54 Å². The highest BCUT2D eigenvalue weighted by Crippen LogP contribution is 1.99. The number of carbonyl (C=O) groups is 2. The number of nitrogens with one attached hydrogen (secondary N) is 1. The standard InChI is InChI=1S/C11H21NO3.C2H6/c1-2-3-4-7-10(13)12-9-6-5-8-11(14)15;1-2/h2-9H2,1H3,(H,12,13)(H,14,15);1-2H3. The number of carboxylic acid groups (broad SMARTS) is 1. The van der Waals surface area contributed by atoms with E-state index in [2.05, 4.69) is 12.2 Å². The number of rotatable bonds is 9. The van der Waals surface area contributed by atoms with Crippen LogP contribution in [-0.4, -0.2) is 23.5 Å². The maximum absolute atomic E-state index is 11.2. The van der Waals surface area contributed by atoms with E-state index in [4.69, 9.17) is 5.11 Å². The van der Waals surface area contributed by atoms with Gasteiger partial charge >= 0.3 is 5.97 Å². The number of hydrogen-bond donors (Lipinski definition) is 2. The van der Waals surface area contributed by atoms with Gasteiger partial charge in [0.2, 0.25) is 5.91 Å². The van der Waals surface area contributed by atoms with Gasteiger partial charge in [-0.3, -0.25) is 9.59 Å². The van der Waals surface area contributed by atoms with Crippen LogP contribution in [0.25, 0.3) is 0 Å². The molecule has 0 radical (unpaired) electrons. The zero-order valence-electron chi connectivity index (χ0n) is 11.4. The second-order valence-corrected chi connectivity index (χ2v) is 3.66. The summed E-state index contributed by atoms with van der Waals surface area (Å²) in [7, 11) is 0. The van der Waals surface area contributed by atoms with Crippen LogP contribution >= 0.6 is 0 Å². The minimum atomic E-state index is -0.774. The van der Waals surface area contributed by atoms with Crippen LogP contribution in [0.1, 0.15) is 65.7 Å². The largest absolute Gasteiger partial charge is 0.481 e. The summed E-state index contributed by atoms with van der Waals surface area (Å²) < 4.78 is 0. The van der Waals surface area contributed by atoms with Gasteiger partial charge < -0.3 is 10.4 Å². The molecule has 0 spiro atoms. The normalized spacial score (nSPS) is 9.12. The highest BCUT2D eigenvalue weighted by atomic mass is 16.4. The Hall–Kier alpha value is -1.06. The van der Waals surface area contributed by atoms with E-state index in [-0.39, 0.29) is 12.3 Å². The van der Waals surface area contributed by atoms with Crippen molar-refractivity contribution in [3.05, 3.63) is 0 Å². The first-order chi connectivity index (χ1) is 8.16. The summed E-state index contributed by atoms with van der Waals surface area (Å²) in [5, 5.41) is 11.2. The highest BCUT2D eigenvalue weighted by molar-refractivity contribution is 5.75. The zero-order valence-corrected chi connectivity index (χ0v) is 11.4. The molecule has 0 rings (SSSR count). The number of amides is 1. The third kappa shape index (κ3) is 17.5. The molecule has 0 heterocycles. The van der Waals surface area contributed by atoms with Crippen LogP contribution in [0, 0.1) is 0 Å². The number of aliphatic carboxylic acids is 1. The molecule has 2 N–H and O–H groups in total. The summed E-state index contributed by atoms with van der Waals surface area (Å²) in [5.74, 6) is -0.692. The maximum atomic E-state index is 11.2. The Morgan fingerprint density at radius 3 is 2.12 bits per heavy atom. The van der Waals surface area contributed by atoms with Gasteiger partial charge in [0.1, 0.15) is 0 Å². The van der Waals surface area contributed by atoms with Crippen molar-refractivity contribution in [2.24, 2.45) is 0 Å². The van der Waals surface area contributed by atoms with Crippen LogP contribution in [0.5, 0.6) is 0 Å².